The molecule has 0 nitrogen and oxygen atoms in total. The molecule has 0 aromatic carbocycles. The summed E-state index contributed by atoms with van der Waals surface area (Å²) in [6.07, 6.45) is 12.2. The fourth-order valence-corrected chi connectivity index (χ4v) is 3.72. The van der Waals surface area contributed by atoms with Crippen molar-refractivity contribution < 1.29 is 0 Å². The van der Waals surface area contributed by atoms with Crippen LogP contribution in [0.2, 0.25) is 0 Å². The summed E-state index contributed by atoms with van der Waals surface area (Å²) in [6, 6.07) is 0. The summed E-state index contributed by atoms with van der Waals surface area (Å²) in [4.78, 5) is 1.55. The Hall–Kier alpha value is -0.820. The summed E-state index contributed by atoms with van der Waals surface area (Å²) < 4.78 is 1.52. The number of fused-ring (bicyclic) bond motifs is 3. The third-order valence-corrected chi connectivity index (χ3v) is 4.50. The summed E-state index contributed by atoms with van der Waals surface area (Å²) in [7, 11) is 0. The second kappa shape index (κ2) is 3.09. The second-order valence-electron chi connectivity index (χ2n) is 4.10. The second-order valence-corrected chi connectivity index (χ2v) is 5.15. The van der Waals surface area contributed by atoms with E-state index in [4.69, 9.17) is 0 Å². The van der Waals surface area contributed by atoms with Crippen LogP contribution in [-0.4, -0.2) is 0 Å². The van der Waals surface area contributed by atoms with Crippen LogP contribution in [-0.2, 0) is 6.42 Å². The number of hydrogen-bond donors (Lipinski definition) is 0. The predicted octanol–water partition coefficient (Wildman–Crippen LogP) is 2.45. The summed E-state index contributed by atoms with van der Waals surface area (Å²) in [5.74, 6) is 0. The van der Waals surface area contributed by atoms with Crippen LogP contribution >= 0.6 is 11.3 Å². The van der Waals surface area contributed by atoms with E-state index in [1.165, 1.54) is 35.8 Å². The summed E-state index contributed by atoms with van der Waals surface area (Å²) in [6.45, 7) is 2.25. The molecule has 3 rings (SSSR count). The highest BCUT2D eigenvalue weighted by Crippen LogP contribution is 2.26. The zero-order valence-corrected chi connectivity index (χ0v) is 9.29. The van der Waals surface area contributed by atoms with E-state index < -0.39 is 0 Å². The molecule has 0 unspecified atom stereocenters. The Morgan fingerprint density at radius 2 is 1.93 bits per heavy atom. The standard InChI is InChI=1S/C13H14S/c1-9-5-4-7-11-10-6-2-3-8-12(10)14-13(9)11/h5-6,8H,2-4,7H2,1H3. The maximum atomic E-state index is 2.43. The molecule has 0 saturated carbocycles. The van der Waals surface area contributed by atoms with Crippen molar-refractivity contribution in [3.8, 4) is 0 Å². The molecular formula is C13H14S. The van der Waals surface area contributed by atoms with Crippen LogP contribution in [0.5, 0.6) is 0 Å². The maximum absolute atomic E-state index is 2.43. The molecule has 1 aromatic rings. The van der Waals surface area contributed by atoms with Gasteiger partial charge in [0.2, 0.25) is 0 Å². The van der Waals surface area contributed by atoms with Crippen LogP contribution < -0.4 is 9.75 Å². The van der Waals surface area contributed by atoms with E-state index in [1.807, 2.05) is 11.3 Å². The average molecular weight is 202 g/mol. The lowest BCUT2D eigenvalue weighted by atomic mass is 9.97. The van der Waals surface area contributed by atoms with Gasteiger partial charge < -0.3 is 0 Å². The van der Waals surface area contributed by atoms with Crippen molar-refractivity contribution in [2.75, 3.05) is 0 Å². The van der Waals surface area contributed by atoms with E-state index in [1.54, 1.807) is 15.7 Å². The van der Waals surface area contributed by atoms with E-state index in [9.17, 15) is 0 Å². The van der Waals surface area contributed by atoms with Crippen molar-refractivity contribution >= 4 is 29.1 Å². The van der Waals surface area contributed by atoms with Gasteiger partial charge >= 0.3 is 0 Å². The zero-order valence-electron chi connectivity index (χ0n) is 8.47. The largest absolute Gasteiger partial charge is 0.136 e. The van der Waals surface area contributed by atoms with E-state index in [0.29, 0.717) is 0 Å². The average Bonchev–Trinajstić information content (AvgIpc) is 2.59. The highest BCUT2D eigenvalue weighted by Gasteiger charge is 2.14. The molecule has 0 saturated heterocycles. The smallest absolute Gasteiger partial charge is 0.0340 e. The fourth-order valence-electron chi connectivity index (χ4n) is 2.41. The third kappa shape index (κ3) is 1.12. The lowest BCUT2D eigenvalue weighted by molar-refractivity contribution is 0.971. The topological polar surface area (TPSA) is 0 Å². The van der Waals surface area contributed by atoms with Crippen LogP contribution in [0.3, 0.4) is 0 Å². The normalized spacial score (nSPS) is 18.8. The predicted molar refractivity (Wildman–Crippen MR) is 63.7 cm³/mol. The van der Waals surface area contributed by atoms with Gasteiger partial charge in [-0.1, -0.05) is 18.2 Å². The van der Waals surface area contributed by atoms with Gasteiger partial charge in [0.05, 0.1) is 0 Å². The van der Waals surface area contributed by atoms with E-state index in [0.717, 1.165) is 0 Å². The lowest BCUT2D eigenvalue weighted by Crippen LogP contribution is -2.24. The van der Waals surface area contributed by atoms with Crippen LogP contribution in [0.25, 0.3) is 17.7 Å². The number of allylic oxidation sites excluding steroid dienone is 2. The summed E-state index contributed by atoms with van der Waals surface area (Å²) in [5.41, 5.74) is 3.12. The first-order valence-electron chi connectivity index (χ1n) is 5.35. The van der Waals surface area contributed by atoms with E-state index in [-0.39, 0.29) is 0 Å². The minimum absolute atomic E-state index is 1.23. The van der Waals surface area contributed by atoms with Crippen molar-refractivity contribution in [2.45, 2.75) is 32.6 Å². The molecule has 0 atom stereocenters. The fraction of sp³-hybridized carbons (Fsp3) is 0.385. The summed E-state index contributed by atoms with van der Waals surface area (Å²) in [5, 5.41) is 1.56. The Morgan fingerprint density at radius 3 is 2.86 bits per heavy atom. The molecule has 2 aliphatic rings. The highest BCUT2D eigenvalue weighted by atomic mass is 32.1. The number of thiophene rings is 1. The minimum atomic E-state index is 1.23. The number of rotatable bonds is 0. The van der Waals surface area contributed by atoms with Crippen molar-refractivity contribution in [3.05, 3.63) is 26.3 Å². The van der Waals surface area contributed by atoms with Crippen molar-refractivity contribution in [1.29, 1.82) is 0 Å². The van der Waals surface area contributed by atoms with E-state index in [2.05, 4.69) is 25.2 Å². The third-order valence-electron chi connectivity index (χ3n) is 3.12. The Balaban J connectivity index is 2.38. The van der Waals surface area contributed by atoms with Gasteiger partial charge in [-0.05, 0) is 49.0 Å². The Kier molecular flexibility index (Phi) is 1.88. The van der Waals surface area contributed by atoms with Gasteiger partial charge in [-0.25, -0.2) is 0 Å². The van der Waals surface area contributed by atoms with Gasteiger partial charge in [0.1, 0.15) is 0 Å². The van der Waals surface area contributed by atoms with Crippen LogP contribution in [0, 0.1) is 0 Å². The highest BCUT2D eigenvalue weighted by molar-refractivity contribution is 7.11. The molecule has 0 fully saturated rings. The molecule has 0 bridgehead atoms. The van der Waals surface area contributed by atoms with Crippen LogP contribution in [0.1, 0.15) is 36.6 Å². The molecule has 0 radical (unpaired) electrons. The molecule has 1 heteroatoms. The zero-order chi connectivity index (χ0) is 9.54. The van der Waals surface area contributed by atoms with Gasteiger partial charge in [-0.3, -0.25) is 0 Å². The van der Waals surface area contributed by atoms with Crippen molar-refractivity contribution in [2.24, 2.45) is 0 Å². The maximum Gasteiger partial charge on any atom is 0.0340 e. The lowest BCUT2D eigenvalue weighted by Gasteiger charge is -2.09. The molecular weight excluding hydrogens is 188 g/mol. The van der Waals surface area contributed by atoms with Crippen molar-refractivity contribution in [3.63, 3.8) is 0 Å². The molecule has 72 valence electrons. The van der Waals surface area contributed by atoms with Crippen molar-refractivity contribution in [1.82, 2.24) is 0 Å². The van der Waals surface area contributed by atoms with Gasteiger partial charge in [-0.15, -0.1) is 11.3 Å². The minimum Gasteiger partial charge on any atom is -0.136 e. The molecule has 14 heavy (non-hydrogen) atoms. The quantitative estimate of drug-likeness (QED) is 0.606. The van der Waals surface area contributed by atoms with Gasteiger partial charge in [0, 0.05) is 9.41 Å². The molecule has 0 spiro atoms. The molecule has 2 aliphatic carbocycles. The Bertz CT molecular complexity index is 514. The summed E-state index contributed by atoms with van der Waals surface area (Å²) >= 11 is 1.99. The van der Waals surface area contributed by atoms with Gasteiger partial charge in [0.25, 0.3) is 0 Å². The SMILES string of the molecule is CC1=CCCc2c1sc1c2=CCCC=1. The molecule has 0 N–H and O–H groups in total. The molecule has 0 aliphatic heterocycles. The number of hydrogen-bond acceptors (Lipinski definition) is 1. The Labute approximate surface area is 88.3 Å². The van der Waals surface area contributed by atoms with Crippen LogP contribution in [0.4, 0.5) is 0 Å². The Morgan fingerprint density at radius 1 is 1.07 bits per heavy atom. The molecule has 1 aromatic heterocycles. The first-order chi connectivity index (χ1) is 6.86. The monoisotopic (exact) mass is 202 g/mol. The van der Waals surface area contributed by atoms with E-state index >= 15 is 0 Å². The first kappa shape index (κ1) is 8.49. The molecule has 0 amide bonds. The molecule has 1 heterocycles. The van der Waals surface area contributed by atoms with Crippen LogP contribution in [0.15, 0.2) is 6.08 Å². The van der Waals surface area contributed by atoms with Gasteiger partial charge in [0.15, 0.2) is 0 Å². The van der Waals surface area contributed by atoms with Gasteiger partial charge in [-0.2, -0.15) is 0 Å². The first-order valence-corrected chi connectivity index (χ1v) is 6.17.